The minimum absolute atomic E-state index is 0.204. The van der Waals surface area contributed by atoms with Gasteiger partial charge in [0.1, 0.15) is 18.2 Å². The van der Waals surface area contributed by atoms with E-state index in [4.69, 9.17) is 9.57 Å². The molecule has 1 heterocycles. The predicted octanol–water partition coefficient (Wildman–Crippen LogP) is 6.85. The Hall–Kier alpha value is -3.86. The molecule has 1 aromatic heterocycles. The van der Waals surface area contributed by atoms with Crippen LogP contribution >= 0.6 is 0 Å². The van der Waals surface area contributed by atoms with Crippen molar-refractivity contribution in [2.24, 2.45) is 5.16 Å². The predicted molar refractivity (Wildman–Crippen MR) is 131 cm³/mol. The normalized spacial score (nSPS) is 11.5. The van der Waals surface area contributed by atoms with Gasteiger partial charge in [-0.2, -0.15) is 0 Å². The number of rotatable bonds is 7. The van der Waals surface area contributed by atoms with Crippen LogP contribution in [-0.2, 0) is 11.4 Å². The van der Waals surface area contributed by atoms with Crippen molar-refractivity contribution < 1.29 is 14.0 Å². The summed E-state index contributed by atoms with van der Waals surface area (Å²) in [7, 11) is 1.67. The zero-order valence-electron chi connectivity index (χ0n) is 19.3. The maximum absolute atomic E-state index is 13.4. The van der Waals surface area contributed by atoms with E-state index in [9.17, 15) is 4.39 Å². The Morgan fingerprint density at radius 2 is 1.70 bits per heavy atom. The molecular formula is C28H27FN2O2. The smallest absolute Gasteiger partial charge is 0.142 e. The Morgan fingerprint density at radius 3 is 2.42 bits per heavy atom. The van der Waals surface area contributed by atoms with E-state index in [0.29, 0.717) is 0 Å². The standard InChI is InChI=1S/C28H27FN2O2/c1-19-11-13-25(14-12-19)31-21(3)27(17-28(31)23-8-6-10-26(16-23)32-4)20(2)30-33-18-22-7-5-9-24(29)15-22/h5-17H,18H2,1-4H3/b30-20-. The SMILES string of the molecule is COc1cccc(-c2cc(/C(C)=N\OCc3cccc(F)c3)c(C)n2-c2ccc(C)cc2)c1. The molecule has 33 heavy (non-hydrogen) atoms. The summed E-state index contributed by atoms with van der Waals surface area (Å²) < 4.78 is 21.1. The van der Waals surface area contributed by atoms with Crippen LogP contribution in [0.5, 0.6) is 5.75 Å². The number of oxime groups is 1. The first-order valence-electron chi connectivity index (χ1n) is 10.8. The summed E-state index contributed by atoms with van der Waals surface area (Å²) >= 11 is 0. The van der Waals surface area contributed by atoms with Gasteiger partial charge in [-0.25, -0.2) is 4.39 Å². The van der Waals surface area contributed by atoms with E-state index in [0.717, 1.165) is 45.2 Å². The lowest BCUT2D eigenvalue weighted by atomic mass is 10.1. The lowest BCUT2D eigenvalue weighted by Crippen LogP contribution is -2.02. The van der Waals surface area contributed by atoms with Crippen molar-refractivity contribution >= 4 is 5.71 Å². The molecule has 4 nitrogen and oxygen atoms in total. The van der Waals surface area contributed by atoms with E-state index in [1.807, 2.05) is 31.2 Å². The highest BCUT2D eigenvalue weighted by atomic mass is 19.1. The average Bonchev–Trinajstić information content (AvgIpc) is 3.17. The Morgan fingerprint density at radius 1 is 0.939 bits per heavy atom. The highest BCUT2D eigenvalue weighted by molar-refractivity contribution is 6.01. The second kappa shape index (κ2) is 9.74. The quantitative estimate of drug-likeness (QED) is 0.232. The molecule has 0 saturated heterocycles. The molecule has 3 aromatic carbocycles. The van der Waals surface area contributed by atoms with Gasteiger partial charge in [0.05, 0.1) is 18.5 Å². The number of halogens is 1. The van der Waals surface area contributed by atoms with Crippen molar-refractivity contribution in [3.63, 3.8) is 0 Å². The monoisotopic (exact) mass is 442 g/mol. The fourth-order valence-corrected chi connectivity index (χ4v) is 3.87. The maximum atomic E-state index is 13.4. The van der Waals surface area contributed by atoms with Crippen LogP contribution < -0.4 is 4.74 Å². The van der Waals surface area contributed by atoms with Gasteiger partial charge in [0.2, 0.25) is 0 Å². The van der Waals surface area contributed by atoms with E-state index in [-0.39, 0.29) is 12.4 Å². The fraction of sp³-hybridized carbons (Fsp3) is 0.179. The molecular weight excluding hydrogens is 415 g/mol. The van der Waals surface area contributed by atoms with Crippen LogP contribution in [0, 0.1) is 19.7 Å². The van der Waals surface area contributed by atoms with Gasteiger partial charge in [-0.1, -0.05) is 47.1 Å². The second-order valence-electron chi connectivity index (χ2n) is 8.01. The summed E-state index contributed by atoms with van der Waals surface area (Å²) in [5.74, 6) is 0.512. The van der Waals surface area contributed by atoms with E-state index in [2.05, 4.69) is 60.0 Å². The Labute approximate surface area is 193 Å². The summed E-state index contributed by atoms with van der Waals surface area (Å²) in [5, 5.41) is 4.33. The zero-order valence-corrected chi connectivity index (χ0v) is 19.3. The van der Waals surface area contributed by atoms with Crippen LogP contribution in [0.4, 0.5) is 4.39 Å². The van der Waals surface area contributed by atoms with Crippen LogP contribution in [0.3, 0.4) is 0 Å². The second-order valence-corrected chi connectivity index (χ2v) is 8.01. The van der Waals surface area contributed by atoms with Crippen LogP contribution in [0.25, 0.3) is 16.9 Å². The lowest BCUT2D eigenvalue weighted by molar-refractivity contribution is 0.130. The summed E-state index contributed by atoms with van der Waals surface area (Å²) in [6.07, 6.45) is 0. The molecule has 0 amide bonds. The number of ether oxygens (including phenoxy) is 1. The first-order valence-corrected chi connectivity index (χ1v) is 10.8. The highest BCUT2D eigenvalue weighted by Crippen LogP contribution is 2.32. The van der Waals surface area contributed by atoms with Crippen LogP contribution in [-0.4, -0.2) is 17.4 Å². The molecule has 0 aliphatic carbocycles. The molecule has 0 saturated carbocycles. The average molecular weight is 443 g/mol. The summed E-state index contributed by atoms with van der Waals surface area (Å²) in [6.45, 7) is 6.27. The number of aryl methyl sites for hydroxylation is 1. The minimum atomic E-state index is -0.286. The van der Waals surface area contributed by atoms with Gasteiger partial charge in [-0.05, 0) is 68.8 Å². The van der Waals surface area contributed by atoms with Gasteiger partial charge < -0.3 is 14.1 Å². The molecule has 0 aliphatic heterocycles. The lowest BCUT2D eigenvalue weighted by Gasteiger charge is -2.13. The highest BCUT2D eigenvalue weighted by Gasteiger charge is 2.17. The molecule has 0 spiro atoms. The topological polar surface area (TPSA) is 35.8 Å². The third kappa shape index (κ3) is 4.98. The summed E-state index contributed by atoms with van der Waals surface area (Å²) in [6, 6.07) is 24.9. The van der Waals surface area contributed by atoms with Crippen molar-refractivity contribution in [2.45, 2.75) is 27.4 Å². The Balaban J connectivity index is 1.73. The number of aromatic nitrogens is 1. The molecule has 0 atom stereocenters. The molecule has 4 rings (SSSR count). The third-order valence-electron chi connectivity index (χ3n) is 5.62. The van der Waals surface area contributed by atoms with Crippen molar-refractivity contribution in [1.82, 2.24) is 4.57 Å². The first-order chi connectivity index (χ1) is 16.0. The van der Waals surface area contributed by atoms with E-state index in [1.165, 1.54) is 17.7 Å². The zero-order chi connectivity index (χ0) is 23.4. The first kappa shape index (κ1) is 22.3. The molecule has 0 N–H and O–H groups in total. The van der Waals surface area contributed by atoms with Gasteiger partial charge in [-0.3, -0.25) is 0 Å². The molecule has 0 fully saturated rings. The number of benzene rings is 3. The number of methoxy groups -OCH3 is 1. The summed E-state index contributed by atoms with van der Waals surface area (Å²) in [5.41, 5.74) is 7.85. The van der Waals surface area contributed by atoms with Gasteiger partial charge in [0.25, 0.3) is 0 Å². The largest absolute Gasteiger partial charge is 0.497 e. The Bertz CT molecular complexity index is 1290. The number of hydrogen-bond acceptors (Lipinski definition) is 3. The van der Waals surface area contributed by atoms with E-state index >= 15 is 0 Å². The van der Waals surface area contributed by atoms with Gasteiger partial charge in [-0.15, -0.1) is 0 Å². The van der Waals surface area contributed by atoms with Crippen molar-refractivity contribution in [1.29, 1.82) is 0 Å². The molecule has 0 unspecified atom stereocenters. The number of hydrogen-bond donors (Lipinski definition) is 0. The summed E-state index contributed by atoms with van der Waals surface area (Å²) in [4.78, 5) is 5.55. The molecule has 0 aliphatic rings. The molecule has 4 aromatic rings. The van der Waals surface area contributed by atoms with Crippen LogP contribution in [0.1, 0.15) is 29.3 Å². The third-order valence-corrected chi connectivity index (χ3v) is 5.62. The molecule has 0 bridgehead atoms. The van der Waals surface area contributed by atoms with Crippen molar-refractivity contribution in [2.75, 3.05) is 7.11 Å². The fourth-order valence-electron chi connectivity index (χ4n) is 3.87. The van der Waals surface area contributed by atoms with Crippen molar-refractivity contribution in [3.05, 3.63) is 107 Å². The van der Waals surface area contributed by atoms with E-state index < -0.39 is 0 Å². The maximum Gasteiger partial charge on any atom is 0.142 e. The number of nitrogens with zero attached hydrogens (tertiary/aromatic N) is 2. The van der Waals surface area contributed by atoms with Crippen LogP contribution in [0.2, 0.25) is 0 Å². The van der Waals surface area contributed by atoms with Crippen LogP contribution in [0.15, 0.2) is 84.0 Å². The molecule has 5 heteroatoms. The molecule has 168 valence electrons. The van der Waals surface area contributed by atoms with E-state index in [1.54, 1.807) is 13.2 Å². The molecule has 0 radical (unpaired) electrons. The minimum Gasteiger partial charge on any atom is -0.497 e. The Kier molecular flexibility index (Phi) is 6.59. The van der Waals surface area contributed by atoms with Gasteiger partial charge in [0, 0.05) is 22.5 Å². The van der Waals surface area contributed by atoms with Crippen molar-refractivity contribution in [3.8, 4) is 22.7 Å². The van der Waals surface area contributed by atoms with Gasteiger partial charge >= 0.3 is 0 Å². The van der Waals surface area contributed by atoms with Gasteiger partial charge in [0.15, 0.2) is 0 Å².